The maximum atomic E-state index is 13.4. The van der Waals surface area contributed by atoms with Crippen LogP contribution in [0.3, 0.4) is 0 Å². The van der Waals surface area contributed by atoms with E-state index in [0.29, 0.717) is 38.5 Å². The monoisotopic (exact) mass is 534 g/mol. The van der Waals surface area contributed by atoms with Crippen molar-refractivity contribution in [2.75, 3.05) is 19.7 Å². The minimum atomic E-state index is -1.07. The molecule has 2 aromatic carbocycles. The number of nitrogens with one attached hydrogen (secondary N) is 3. The molecule has 4 bridgehead atoms. The molecule has 4 amide bonds. The van der Waals surface area contributed by atoms with Gasteiger partial charge in [0.1, 0.15) is 17.8 Å². The van der Waals surface area contributed by atoms with E-state index in [1.807, 2.05) is 54.6 Å². The van der Waals surface area contributed by atoms with E-state index in [2.05, 4.69) is 16.0 Å². The van der Waals surface area contributed by atoms with Crippen LogP contribution in [-0.2, 0) is 32.1 Å². The lowest BCUT2D eigenvalue weighted by atomic mass is 9.94. The maximum absolute atomic E-state index is 13.4. The Bertz CT molecular complexity index is 1160. The smallest absolute Gasteiger partial charge is 0.243 e. The second-order valence-corrected chi connectivity index (χ2v) is 10.4. The summed E-state index contributed by atoms with van der Waals surface area (Å²) in [6, 6.07) is 15.4. The van der Waals surface area contributed by atoms with Crippen LogP contribution in [0.5, 0.6) is 5.75 Å². The second-order valence-electron chi connectivity index (χ2n) is 10.4. The Morgan fingerprint density at radius 1 is 1.05 bits per heavy atom. The number of hydrogen-bond donors (Lipinski definition) is 3. The van der Waals surface area contributed by atoms with Crippen molar-refractivity contribution in [1.82, 2.24) is 20.9 Å². The highest BCUT2D eigenvalue weighted by Crippen LogP contribution is 2.22. The third-order valence-electron chi connectivity index (χ3n) is 7.30. The van der Waals surface area contributed by atoms with Gasteiger partial charge in [0.25, 0.3) is 0 Å². The van der Waals surface area contributed by atoms with Gasteiger partial charge in [0.15, 0.2) is 0 Å². The molecule has 1 saturated heterocycles. The fourth-order valence-electron chi connectivity index (χ4n) is 5.18. The van der Waals surface area contributed by atoms with Crippen LogP contribution in [0.4, 0.5) is 0 Å². The van der Waals surface area contributed by atoms with E-state index in [4.69, 9.17) is 4.74 Å². The first-order chi connectivity index (χ1) is 18.9. The van der Waals surface area contributed by atoms with Crippen molar-refractivity contribution in [3.05, 3.63) is 65.7 Å². The summed E-state index contributed by atoms with van der Waals surface area (Å²) in [5, 5.41) is 8.37. The van der Waals surface area contributed by atoms with Gasteiger partial charge < -0.3 is 25.6 Å². The van der Waals surface area contributed by atoms with Crippen molar-refractivity contribution < 1.29 is 23.9 Å². The van der Waals surface area contributed by atoms with Crippen molar-refractivity contribution in [2.24, 2.45) is 5.92 Å². The molecule has 0 aromatic heterocycles. The molecule has 2 aliphatic rings. The molecule has 9 nitrogen and oxygen atoms in total. The highest BCUT2D eigenvalue weighted by atomic mass is 16.5. The molecule has 1 unspecified atom stereocenters. The summed E-state index contributed by atoms with van der Waals surface area (Å²) in [4.78, 5) is 53.6. The first-order valence-electron chi connectivity index (χ1n) is 13.8. The number of benzene rings is 2. The summed E-state index contributed by atoms with van der Waals surface area (Å²) in [5.74, 6) is -0.439. The van der Waals surface area contributed by atoms with Crippen molar-refractivity contribution >= 4 is 23.6 Å². The number of fused-ring (bicyclic) bond motifs is 4. The number of amides is 4. The molecular weight excluding hydrogens is 496 g/mol. The SMILES string of the molecule is CC(=O)N[C@H]1CC(=O)N2CCCC(CCOc3cccc(c3)CNC(=O)[C@H](CCc3ccccc3)NC1=O)C2. The van der Waals surface area contributed by atoms with Gasteiger partial charge in [0, 0.05) is 26.6 Å². The Balaban J connectivity index is 1.56. The molecule has 39 heavy (non-hydrogen) atoms. The Morgan fingerprint density at radius 2 is 1.87 bits per heavy atom. The summed E-state index contributed by atoms with van der Waals surface area (Å²) in [7, 11) is 0. The third kappa shape index (κ3) is 8.56. The number of hydrogen-bond acceptors (Lipinski definition) is 5. The van der Waals surface area contributed by atoms with E-state index in [0.717, 1.165) is 36.1 Å². The molecule has 0 aliphatic carbocycles. The van der Waals surface area contributed by atoms with Gasteiger partial charge in [-0.2, -0.15) is 0 Å². The van der Waals surface area contributed by atoms with E-state index >= 15 is 0 Å². The average Bonchev–Trinajstić information content (AvgIpc) is 2.93. The largest absolute Gasteiger partial charge is 0.494 e. The zero-order valence-electron chi connectivity index (χ0n) is 22.5. The lowest BCUT2D eigenvalue weighted by Crippen LogP contribution is -2.55. The van der Waals surface area contributed by atoms with Crippen LogP contribution in [0, 0.1) is 5.92 Å². The number of piperidine rings is 1. The van der Waals surface area contributed by atoms with E-state index in [9.17, 15) is 19.2 Å². The van der Waals surface area contributed by atoms with Crippen LogP contribution >= 0.6 is 0 Å². The van der Waals surface area contributed by atoms with Gasteiger partial charge in [0.2, 0.25) is 23.6 Å². The second kappa shape index (κ2) is 13.8. The minimum absolute atomic E-state index is 0.160. The van der Waals surface area contributed by atoms with Gasteiger partial charge in [-0.1, -0.05) is 42.5 Å². The Kier molecular flexibility index (Phi) is 9.94. The molecule has 2 heterocycles. The number of carbonyl (C=O) groups excluding carboxylic acids is 4. The Morgan fingerprint density at radius 3 is 2.67 bits per heavy atom. The fourth-order valence-corrected chi connectivity index (χ4v) is 5.18. The Hall–Kier alpha value is -3.88. The summed E-state index contributed by atoms with van der Waals surface area (Å²) >= 11 is 0. The normalized spacial score (nSPS) is 22.9. The zero-order chi connectivity index (χ0) is 27.6. The van der Waals surface area contributed by atoms with Gasteiger partial charge in [-0.25, -0.2) is 0 Å². The molecule has 1 fully saturated rings. The summed E-state index contributed by atoms with van der Waals surface area (Å²) < 4.78 is 6.00. The molecular formula is C30H38N4O5. The summed E-state index contributed by atoms with van der Waals surface area (Å²) in [6.45, 7) is 3.33. The van der Waals surface area contributed by atoms with Gasteiger partial charge in [-0.3, -0.25) is 19.2 Å². The van der Waals surface area contributed by atoms with Crippen molar-refractivity contribution in [3.8, 4) is 5.75 Å². The molecule has 3 N–H and O–H groups in total. The number of carbonyl (C=O) groups is 4. The third-order valence-corrected chi connectivity index (χ3v) is 7.30. The summed E-state index contributed by atoms with van der Waals surface area (Å²) in [6.07, 6.45) is 3.47. The standard InChI is InChI=1S/C30H38N4O5/c1-21(35)32-27-18-28(36)34-15-6-10-23(20-34)14-16-39-25-11-5-9-24(17-25)19-31-29(37)26(33-30(27)38)13-12-22-7-3-2-4-8-22/h2-5,7-9,11,17,23,26-27H,6,10,12-16,18-20H2,1H3,(H,31,37)(H,32,35)(H,33,38)/t23?,26-,27-/m0/s1. The van der Waals surface area contributed by atoms with E-state index in [1.54, 1.807) is 4.90 Å². The molecule has 2 aliphatic heterocycles. The Labute approximate surface area is 229 Å². The summed E-state index contributed by atoms with van der Waals surface area (Å²) in [5.41, 5.74) is 1.93. The number of nitrogens with zero attached hydrogens (tertiary/aromatic N) is 1. The first-order valence-corrected chi connectivity index (χ1v) is 13.8. The molecule has 0 spiro atoms. The molecule has 3 atom stereocenters. The lowest BCUT2D eigenvalue weighted by molar-refractivity contribution is -0.138. The van der Waals surface area contributed by atoms with Crippen LogP contribution in [0.25, 0.3) is 0 Å². The minimum Gasteiger partial charge on any atom is -0.494 e. The predicted octanol–water partition coefficient (Wildman–Crippen LogP) is 2.34. The molecule has 0 saturated carbocycles. The quantitative estimate of drug-likeness (QED) is 0.557. The van der Waals surface area contributed by atoms with E-state index < -0.39 is 23.9 Å². The fraction of sp³-hybridized carbons (Fsp3) is 0.467. The average molecular weight is 535 g/mol. The lowest BCUT2D eigenvalue weighted by Gasteiger charge is -2.34. The predicted molar refractivity (Wildman–Crippen MR) is 147 cm³/mol. The molecule has 2 aromatic rings. The van der Waals surface area contributed by atoms with Crippen LogP contribution in [0.2, 0.25) is 0 Å². The van der Waals surface area contributed by atoms with Crippen LogP contribution in [0.15, 0.2) is 54.6 Å². The van der Waals surface area contributed by atoms with Crippen molar-refractivity contribution in [2.45, 2.75) is 64.1 Å². The number of rotatable bonds is 4. The van der Waals surface area contributed by atoms with Gasteiger partial charge in [-0.15, -0.1) is 0 Å². The highest BCUT2D eigenvalue weighted by Gasteiger charge is 2.31. The topological polar surface area (TPSA) is 117 Å². The van der Waals surface area contributed by atoms with Crippen LogP contribution in [-0.4, -0.2) is 60.3 Å². The van der Waals surface area contributed by atoms with Gasteiger partial charge >= 0.3 is 0 Å². The van der Waals surface area contributed by atoms with Crippen LogP contribution < -0.4 is 20.7 Å². The van der Waals surface area contributed by atoms with Crippen molar-refractivity contribution in [1.29, 1.82) is 0 Å². The molecule has 9 heteroatoms. The molecule has 4 rings (SSSR count). The number of ether oxygens (including phenoxy) is 1. The zero-order valence-corrected chi connectivity index (χ0v) is 22.5. The maximum Gasteiger partial charge on any atom is 0.243 e. The van der Waals surface area contributed by atoms with E-state index in [-0.39, 0.29) is 24.8 Å². The van der Waals surface area contributed by atoms with E-state index in [1.165, 1.54) is 6.92 Å². The first kappa shape index (κ1) is 28.1. The number of aryl methyl sites for hydroxylation is 1. The van der Waals surface area contributed by atoms with Gasteiger partial charge in [0.05, 0.1) is 13.0 Å². The molecule has 208 valence electrons. The highest BCUT2D eigenvalue weighted by molar-refractivity contribution is 5.94. The van der Waals surface area contributed by atoms with Crippen LogP contribution in [0.1, 0.15) is 50.2 Å². The molecule has 0 radical (unpaired) electrons. The van der Waals surface area contributed by atoms with Gasteiger partial charge in [-0.05, 0) is 61.3 Å². The van der Waals surface area contributed by atoms with Crippen molar-refractivity contribution in [3.63, 3.8) is 0 Å².